The number of hydrogen-bond donors (Lipinski definition) is 1. The van der Waals surface area contributed by atoms with E-state index in [1.807, 2.05) is 72.8 Å². The van der Waals surface area contributed by atoms with Gasteiger partial charge in [0, 0.05) is 16.6 Å². The Morgan fingerprint density at radius 3 is 2.13 bits per heavy atom. The average molecular weight is 480 g/mol. The molecular formula is C25H22BrNO4. The summed E-state index contributed by atoms with van der Waals surface area (Å²) in [6.07, 6.45) is 0. The van der Waals surface area contributed by atoms with Gasteiger partial charge in [-0.2, -0.15) is 0 Å². The Morgan fingerprint density at radius 2 is 1.55 bits per heavy atom. The van der Waals surface area contributed by atoms with Gasteiger partial charge in [0.15, 0.2) is 5.76 Å². The van der Waals surface area contributed by atoms with Gasteiger partial charge in [-0.3, -0.25) is 4.79 Å². The fourth-order valence-corrected chi connectivity index (χ4v) is 4.25. The first-order valence-corrected chi connectivity index (χ1v) is 10.6. The Bertz CT molecular complexity index is 1120. The van der Waals surface area contributed by atoms with Crippen molar-refractivity contribution in [1.29, 1.82) is 0 Å². The van der Waals surface area contributed by atoms with Crippen molar-refractivity contribution < 1.29 is 19.4 Å². The third-order valence-electron chi connectivity index (χ3n) is 5.38. The van der Waals surface area contributed by atoms with Crippen molar-refractivity contribution in [3.05, 3.63) is 99.7 Å². The molecule has 0 aliphatic carbocycles. The van der Waals surface area contributed by atoms with Gasteiger partial charge >= 0.3 is 0 Å². The molecule has 31 heavy (non-hydrogen) atoms. The molecule has 1 aliphatic rings. The van der Waals surface area contributed by atoms with E-state index in [2.05, 4.69) is 15.9 Å². The lowest BCUT2D eigenvalue weighted by molar-refractivity contribution is -0.130. The van der Waals surface area contributed by atoms with Crippen LogP contribution in [0.1, 0.15) is 22.7 Å². The van der Waals surface area contributed by atoms with Crippen molar-refractivity contribution in [2.24, 2.45) is 0 Å². The molecule has 158 valence electrons. The van der Waals surface area contributed by atoms with Gasteiger partial charge in [0.2, 0.25) is 0 Å². The second kappa shape index (κ2) is 8.86. The maximum atomic E-state index is 13.2. The Labute approximate surface area is 189 Å². The maximum Gasteiger partial charge on any atom is 0.290 e. The highest BCUT2D eigenvalue weighted by molar-refractivity contribution is 9.10. The van der Waals surface area contributed by atoms with Gasteiger partial charge in [-0.1, -0.05) is 52.3 Å². The highest BCUT2D eigenvalue weighted by Crippen LogP contribution is 2.44. The van der Waals surface area contributed by atoms with Crippen LogP contribution in [0.2, 0.25) is 0 Å². The highest BCUT2D eigenvalue weighted by atomic mass is 79.9. The van der Waals surface area contributed by atoms with Gasteiger partial charge in [0.25, 0.3) is 5.91 Å². The van der Waals surface area contributed by atoms with Crippen LogP contribution in [0.15, 0.2) is 83.0 Å². The van der Waals surface area contributed by atoms with E-state index in [0.717, 1.165) is 26.9 Å². The van der Waals surface area contributed by atoms with Crippen molar-refractivity contribution >= 4 is 27.4 Å². The summed E-state index contributed by atoms with van der Waals surface area (Å²) in [5.41, 5.74) is 3.21. The number of carbonyl (C=O) groups excluding carboxylic acids is 1. The molecule has 1 heterocycles. The SMILES string of the molecule is COc1ccc(CN2C(=O)C(O)=C(c3ccc(OC)cc3)[C@H]2c2cccc(Br)c2)cc1. The Kier molecular flexibility index (Phi) is 6.00. The lowest BCUT2D eigenvalue weighted by Gasteiger charge is -2.28. The molecule has 3 aromatic carbocycles. The summed E-state index contributed by atoms with van der Waals surface area (Å²) >= 11 is 3.52. The minimum Gasteiger partial charge on any atom is -0.503 e. The number of halogens is 1. The second-order valence-electron chi connectivity index (χ2n) is 7.23. The van der Waals surface area contributed by atoms with E-state index in [4.69, 9.17) is 9.47 Å². The van der Waals surface area contributed by atoms with Crippen LogP contribution in [0.3, 0.4) is 0 Å². The normalized spacial score (nSPS) is 16.0. The minimum atomic E-state index is -0.430. The molecule has 0 unspecified atom stereocenters. The molecule has 1 amide bonds. The number of rotatable bonds is 6. The maximum absolute atomic E-state index is 13.2. The summed E-state index contributed by atoms with van der Waals surface area (Å²) in [6, 6.07) is 22.3. The lowest BCUT2D eigenvalue weighted by atomic mass is 9.93. The van der Waals surface area contributed by atoms with Gasteiger partial charge in [-0.05, 0) is 53.1 Å². The molecule has 0 aromatic heterocycles. The molecule has 0 saturated carbocycles. The summed E-state index contributed by atoms with van der Waals surface area (Å²) < 4.78 is 11.4. The van der Waals surface area contributed by atoms with Crippen molar-refractivity contribution in [3.63, 3.8) is 0 Å². The number of hydrogen-bond acceptors (Lipinski definition) is 4. The van der Waals surface area contributed by atoms with Crippen LogP contribution >= 0.6 is 15.9 Å². The summed E-state index contributed by atoms with van der Waals surface area (Å²) in [5.74, 6) is 0.831. The van der Waals surface area contributed by atoms with Crippen LogP contribution in [0.4, 0.5) is 0 Å². The van der Waals surface area contributed by atoms with E-state index in [9.17, 15) is 9.90 Å². The predicted molar refractivity (Wildman–Crippen MR) is 123 cm³/mol. The zero-order valence-electron chi connectivity index (χ0n) is 17.2. The quantitative estimate of drug-likeness (QED) is 0.505. The third kappa shape index (κ3) is 4.16. The molecular weight excluding hydrogens is 458 g/mol. The molecule has 3 aromatic rings. The summed E-state index contributed by atoms with van der Waals surface area (Å²) in [5, 5.41) is 10.9. The van der Waals surface area contributed by atoms with E-state index in [0.29, 0.717) is 17.9 Å². The largest absolute Gasteiger partial charge is 0.503 e. The van der Waals surface area contributed by atoms with Crippen LogP contribution in [0, 0.1) is 0 Å². The fourth-order valence-electron chi connectivity index (χ4n) is 3.83. The van der Waals surface area contributed by atoms with Gasteiger partial charge in [0.05, 0.1) is 20.3 Å². The highest BCUT2D eigenvalue weighted by Gasteiger charge is 2.41. The number of ether oxygens (including phenoxy) is 2. The third-order valence-corrected chi connectivity index (χ3v) is 5.87. The van der Waals surface area contributed by atoms with E-state index in [1.165, 1.54) is 0 Å². The van der Waals surface area contributed by atoms with Gasteiger partial charge in [-0.15, -0.1) is 0 Å². The molecule has 0 fully saturated rings. The molecule has 1 aliphatic heterocycles. The van der Waals surface area contributed by atoms with Crippen molar-refractivity contribution in [2.45, 2.75) is 12.6 Å². The van der Waals surface area contributed by atoms with E-state index < -0.39 is 11.9 Å². The van der Waals surface area contributed by atoms with Crippen LogP contribution in [0.5, 0.6) is 11.5 Å². The Balaban J connectivity index is 1.77. The molecule has 0 radical (unpaired) electrons. The number of carbonyl (C=O) groups is 1. The standard InChI is InChI=1S/C25H22BrNO4/c1-30-20-10-6-16(7-11-20)15-27-23(18-4-3-5-19(26)14-18)22(24(28)25(27)29)17-8-12-21(31-2)13-9-17/h3-14,23,28H,15H2,1-2H3/t23-/m1/s1. The number of nitrogens with zero attached hydrogens (tertiary/aromatic N) is 1. The van der Waals surface area contributed by atoms with Gasteiger partial charge < -0.3 is 19.5 Å². The first-order valence-electron chi connectivity index (χ1n) is 9.78. The first kappa shape index (κ1) is 21.0. The zero-order valence-corrected chi connectivity index (χ0v) is 18.8. The topological polar surface area (TPSA) is 59.0 Å². The lowest BCUT2D eigenvalue weighted by Crippen LogP contribution is -2.29. The monoisotopic (exact) mass is 479 g/mol. The summed E-state index contributed by atoms with van der Waals surface area (Å²) in [4.78, 5) is 14.9. The van der Waals surface area contributed by atoms with E-state index in [-0.39, 0.29) is 5.76 Å². The molecule has 1 atom stereocenters. The van der Waals surface area contributed by atoms with Crippen LogP contribution in [-0.4, -0.2) is 30.1 Å². The van der Waals surface area contributed by atoms with Gasteiger partial charge in [-0.25, -0.2) is 0 Å². The van der Waals surface area contributed by atoms with Crippen molar-refractivity contribution in [2.75, 3.05) is 14.2 Å². The van der Waals surface area contributed by atoms with Crippen LogP contribution in [0.25, 0.3) is 5.57 Å². The fraction of sp³-hybridized carbons (Fsp3) is 0.160. The Morgan fingerprint density at radius 1 is 0.935 bits per heavy atom. The molecule has 5 nitrogen and oxygen atoms in total. The number of methoxy groups -OCH3 is 2. The Hall–Kier alpha value is -3.25. The van der Waals surface area contributed by atoms with E-state index in [1.54, 1.807) is 19.1 Å². The smallest absolute Gasteiger partial charge is 0.290 e. The van der Waals surface area contributed by atoms with Crippen LogP contribution < -0.4 is 9.47 Å². The first-order chi connectivity index (χ1) is 15.0. The molecule has 0 bridgehead atoms. The van der Waals surface area contributed by atoms with Gasteiger partial charge in [0.1, 0.15) is 11.5 Å². The van der Waals surface area contributed by atoms with Crippen LogP contribution in [-0.2, 0) is 11.3 Å². The van der Waals surface area contributed by atoms with Crippen molar-refractivity contribution in [3.8, 4) is 11.5 Å². The zero-order chi connectivity index (χ0) is 22.0. The molecule has 0 saturated heterocycles. The molecule has 0 spiro atoms. The van der Waals surface area contributed by atoms with Crippen molar-refractivity contribution in [1.82, 2.24) is 4.90 Å². The summed E-state index contributed by atoms with van der Waals surface area (Å²) in [7, 11) is 3.22. The number of aliphatic hydroxyl groups excluding tert-OH is 1. The summed E-state index contributed by atoms with van der Waals surface area (Å²) in [6.45, 7) is 0.351. The second-order valence-corrected chi connectivity index (χ2v) is 8.15. The molecule has 1 N–H and O–H groups in total. The minimum absolute atomic E-state index is 0.233. The number of benzene rings is 3. The number of amides is 1. The van der Waals surface area contributed by atoms with E-state index >= 15 is 0 Å². The predicted octanol–water partition coefficient (Wildman–Crippen LogP) is 5.52. The molecule has 6 heteroatoms. The molecule has 4 rings (SSSR count). The number of aliphatic hydroxyl groups is 1. The average Bonchev–Trinajstić information content (AvgIpc) is 3.04.